The van der Waals surface area contributed by atoms with Crippen LogP contribution in [0.5, 0.6) is 0 Å². The van der Waals surface area contributed by atoms with Crippen LogP contribution in [-0.2, 0) is 23.3 Å². The number of hydrogen-bond acceptors (Lipinski definition) is 3. The smallest absolute Gasteiger partial charge is 0.235 e. The van der Waals surface area contributed by atoms with E-state index < -0.39 is 0 Å². The monoisotopic (exact) mass is 228 g/mol. The van der Waals surface area contributed by atoms with Gasteiger partial charge in [-0.15, -0.1) is 0 Å². The van der Waals surface area contributed by atoms with Gasteiger partial charge < -0.3 is 4.90 Å². The van der Waals surface area contributed by atoms with E-state index in [0.29, 0.717) is 0 Å². The highest BCUT2D eigenvalue weighted by atomic mass is 16.1. The molecule has 0 atom stereocenters. The minimum atomic E-state index is -0.231. The Balaban J connectivity index is 2.09. The lowest BCUT2D eigenvalue weighted by Gasteiger charge is -2.28. The van der Waals surface area contributed by atoms with Crippen molar-refractivity contribution in [2.24, 2.45) is 4.99 Å². The summed E-state index contributed by atoms with van der Waals surface area (Å²) in [5, 5.41) is 0. The molecule has 1 aromatic carbocycles. The van der Waals surface area contributed by atoms with Crippen LogP contribution in [0.15, 0.2) is 23.2 Å². The molecule has 88 valence electrons. The molecule has 0 spiro atoms. The molecule has 1 fully saturated rings. The molecule has 17 heavy (non-hydrogen) atoms. The predicted octanol–water partition coefficient (Wildman–Crippen LogP) is 2.00. The summed E-state index contributed by atoms with van der Waals surface area (Å²) < 4.78 is 0. The van der Waals surface area contributed by atoms with Crippen molar-refractivity contribution in [3.05, 3.63) is 34.9 Å². The molecule has 0 bridgehead atoms. The summed E-state index contributed by atoms with van der Waals surface area (Å²) in [7, 11) is 2.14. The number of fused-ring (bicyclic) bond motifs is 1. The first-order valence-corrected chi connectivity index (χ1v) is 6.14. The Morgan fingerprint density at radius 2 is 2.24 bits per heavy atom. The van der Waals surface area contributed by atoms with Crippen molar-refractivity contribution in [2.75, 3.05) is 13.6 Å². The number of rotatable bonds is 2. The fourth-order valence-electron chi connectivity index (χ4n) is 2.80. The Bertz CT molecular complexity index is 499. The zero-order chi connectivity index (χ0) is 11.9. The zero-order valence-electron chi connectivity index (χ0n) is 10.1. The van der Waals surface area contributed by atoms with Crippen LogP contribution < -0.4 is 0 Å². The predicted molar refractivity (Wildman–Crippen MR) is 65.5 cm³/mol. The highest BCUT2D eigenvalue weighted by Crippen LogP contribution is 2.51. The topological polar surface area (TPSA) is 32.7 Å². The van der Waals surface area contributed by atoms with Crippen molar-refractivity contribution in [1.29, 1.82) is 0 Å². The van der Waals surface area contributed by atoms with Crippen molar-refractivity contribution >= 4 is 6.08 Å². The largest absolute Gasteiger partial charge is 0.302 e. The number of hydrogen-bond donors (Lipinski definition) is 0. The van der Waals surface area contributed by atoms with Gasteiger partial charge in [-0.2, -0.15) is 4.99 Å². The number of benzene rings is 1. The Hall–Kier alpha value is -1.44. The van der Waals surface area contributed by atoms with Crippen LogP contribution in [0.3, 0.4) is 0 Å². The van der Waals surface area contributed by atoms with Crippen molar-refractivity contribution in [1.82, 2.24) is 4.90 Å². The van der Waals surface area contributed by atoms with Crippen molar-refractivity contribution < 1.29 is 4.79 Å². The third-order valence-corrected chi connectivity index (χ3v) is 3.95. The summed E-state index contributed by atoms with van der Waals surface area (Å²) in [6, 6.07) is 6.43. The van der Waals surface area contributed by atoms with E-state index in [-0.39, 0.29) is 5.54 Å². The van der Waals surface area contributed by atoms with Gasteiger partial charge in [-0.3, -0.25) is 0 Å². The summed E-state index contributed by atoms with van der Waals surface area (Å²) in [5.74, 6) is 0. The second-order valence-electron chi connectivity index (χ2n) is 5.17. The second-order valence-corrected chi connectivity index (χ2v) is 5.17. The molecule has 3 nitrogen and oxygen atoms in total. The van der Waals surface area contributed by atoms with E-state index in [1.54, 1.807) is 6.08 Å². The molecule has 0 unspecified atom stereocenters. The molecule has 0 aromatic heterocycles. The maximum absolute atomic E-state index is 10.6. The standard InChI is InChI=1S/C14H16N2O/c1-16-8-5-11-3-2-4-13(12(11)9-16)14(6-7-14)15-10-17/h2-4H,5-9H2,1H3. The van der Waals surface area contributed by atoms with Gasteiger partial charge in [0.25, 0.3) is 0 Å². The van der Waals surface area contributed by atoms with E-state index in [4.69, 9.17) is 0 Å². The van der Waals surface area contributed by atoms with Gasteiger partial charge in [-0.25, -0.2) is 4.79 Å². The van der Waals surface area contributed by atoms with Crippen LogP contribution in [0, 0.1) is 0 Å². The molecular formula is C14H16N2O. The quantitative estimate of drug-likeness (QED) is 0.573. The number of isocyanates is 1. The van der Waals surface area contributed by atoms with Gasteiger partial charge in [0.2, 0.25) is 6.08 Å². The Morgan fingerprint density at radius 3 is 2.94 bits per heavy atom. The minimum absolute atomic E-state index is 0.231. The molecule has 1 saturated carbocycles. The van der Waals surface area contributed by atoms with E-state index >= 15 is 0 Å². The minimum Gasteiger partial charge on any atom is -0.302 e. The molecule has 0 saturated heterocycles. The summed E-state index contributed by atoms with van der Waals surface area (Å²) in [6.45, 7) is 2.09. The Kier molecular flexibility index (Phi) is 2.39. The van der Waals surface area contributed by atoms with Gasteiger partial charge in [0.15, 0.2) is 0 Å². The lowest BCUT2D eigenvalue weighted by molar-refractivity contribution is 0.310. The molecule has 1 aliphatic carbocycles. The first-order chi connectivity index (χ1) is 8.25. The van der Waals surface area contributed by atoms with Gasteiger partial charge in [0, 0.05) is 13.1 Å². The lowest BCUT2D eigenvalue weighted by Crippen LogP contribution is -2.28. The van der Waals surface area contributed by atoms with Gasteiger partial charge in [0.05, 0.1) is 5.54 Å². The van der Waals surface area contributed by atoms with E-state index in [1.807, 2.05) is 0 Å². The van der Waals surface area contributed by atoms with Crippen LogP contribution in [0.1, 0.15) is 29.5 Å². The zero-order valence-corrected chi connectivity index (χ0v) is 10.1. The first kappa shape index (κ1) is 10.7. The normalized spacial score (nSPS) is 21.5. The van der Waals surface area contributed by atoms with Crippen molar-refractivity contribution in [3.8, 4) is 0 Å². The summed E-state index contributed by atoms with van der Waals surface area (Å²) in [6.07, 6.45) is 4.82. The molecule has 2 aliphatic rings. The molecule has 0 N–H and O–H groups in total. The Morgan fingerprint density at radius 1 is 1.41 bits per heavy atom. The first-order valence-electron chi connectivity index (χ1n) is 6.14. The van der Waals surface area contributed by atoms with E-state index in [2.05, 4.69) is 35.1 Å². The second kappa shape index (κ2) is 3.80. The van der Waals surface area contributed by atoms with Gasteiger partial charge in [0.1, 0.15) is 0 Å². The van der Waals surface area contributed by atoms with E-state index in [0.717, 1.165) is 32.4 Å². The van der Waals surface area contributed by atoms with Crippen LogP contribution >= 0.6 is 0 Å². The van der Waals surface area contributed by atoms with Crippen molar-refractivity contribution in [2.45, 2.75) is 31.3 Å². The summed E-state index contributed by atoms with van der Waals surface area (Å²) in [4.78, 5) is 16.9. The highest BCUT2D eigenvalue weighted by molar-refractivity contribution is 5.47. The highest BCUT2D eigenvalue weighted by Gasteiger charge is 2.46. The van der Waals surface area contributed by atoms with Gasteiger partial charge in [-0.05, 0) is 43.0 Å². The fraction of sp³-hybridized carbons (Fsp3) is 0.500. The number of nitrogens with zero attached hydrogens (tertiary/aromatic N) is 2. The van der Waals surface area contributed by atoms with Crippen LogP contribution in [0.25, 0.3) is 0 Å². The SMILES string of the molecule is CN1CCc2cccc(C3(N=C=O)CC3)c2C1. The number of carbonyl (C=O) groups excluding carboxylic acids is 1. The maximum Gasteiger partial charge on any atom is 0.235 e. The third-order valence-electron chi connectivity index (χ3n) is 3.95. The van der Waals surface area contributed by atoms with Gasteiger partial charge in [-0.1, -0.05) is 18.2 Å². The lowest BCUT2D eigenvalue weighted by atomic mass is 9.90. The molecule has 0 radical (unpaired) electrons. The molecule has 1 aliphatic heterocycles. The summed E-state index contributed by atoms with van der Waals surface area (Å²) in [5.41, 5.74) is 3.83. The molecule has 1 aromatic rings. The van der Waals surface area contributed by atoms with E-state index in [1.165, 1.54) is 16.7 Å². The Labute approximate surface area is 101 Å². The average molecular weight is 228 g/mol. The van der Waals surface area contributed by atoms with Crippen molar-refractivity contribution in [3.63, 3.8) is 0 Å². The third kappa shape index (κ3) is 1.72. The molecule has 3 rings (SSSR count). The molecular weight excluding hydrogens is 212 g/mol. The average Bonchev–Trinajstić information content (AvgIpc) is 3.09. The summed E-state index contributed by atoms with van der Waals surface area (Å²) >= 11 is 0. The van der Waals surface area contributed by atoms with Crippen LogP contribution in [0.2, 0.25) is 0 Å². The molecule has 0 amide bonds. The van der Waals surface area contributed by atoms with Gasteiger partial charge >= 0.3 is 0 Å². The number of aliphatic imine (C=N–C) groups is 1. The molecule has 1 heterocycles. The molecule has 3 heteroatoms. The van der Waals surface area contributed by atoms with Crippen LogP contribution in [0.4, 0.5) is 0 Å². The van der Waals surface area contributed by atoms with Crippen LogP contribution in [-0.4, -0.2) is 24.6 Å². The fourth-order valence-corrected chi connectivity index (χ4v) is 2.80. The van der Waals surface area contributed by atoms with E-state index in [9.17, 15) is 4.79 Å². The number of likely N-dealkylation sites (N-methyl/N-ethyl adjacent to an activating group) is 1. The maximum atomic E-state index is 10.6.